The number of aromatic nitrogens is 1. The largest absolute Gasteiger partial charge is 0.497 e. The molecule has 0 atom stereocenters. The van der Waals surface area contributed by atoms with Crippen LogP contribution in [0, 0.1) is 5.92 Å². The van der Waals surface area contributed by atoms with Gasteiger partial charge in [0.1, 0.15) is 5.75 Å². The molecule has 1 fully saturated rings. The summed E-state index contributed by atoms with van der Waals surface area (Å²) in [4.78, 5) is 19.2. The van der Waals surface area contributed by atoms with Gasteiger partial charge in [0.05, 0.1) is 17.3 Å². The van der Waals surface area contributed by atoms with Crippen LogP contribution in [0.15, 0.2) is 48.5 Å². The van der Waals surface area contributed by atoms with E-state index in [4.69, 9.17) is 9.72 Å². The predicted octanol–water partition coefficient (Wildman–Crippen LogP) is 4.02. The SMILES string of the molecule is COc1ccc(CNC(=O)NCC2CCN(c3nc4ccccc4s3)CC2)cc1. The molecule has 2 heterocycles. The first-order valence-corrected chi connectivity index (χ1v) is 10.8. The Kier molecular flexibility index (Phi) is 6.14. The summed E-state index contributed by atoms with van der Waals surface area (Å²) in [6.07, 6.45) is 2.13. The lowest BCUT2D eigenvalue weighted by Crippen LogP contribution is -2.41. The van der Waals surface area contributed by atoms with E-state index >= 15 is 0 Å². The molecule has 0 saturated carbocycles. The number of nitrogens with zero attached hydrogens (tertiary/aromatic N) is 2. The first-order chi connectivity index (χ1) is 14.2. The van der Waals surface area contributed by atoms with Gasteiger partial charge in [-0.15, -0.1) is 0 Å². The molecule has 1 aliphatic heterocycles. The molecule has 4 rings (SSSR count). The van der Waals surface area contributed by atoms with Crippen LogP contribution < -0.4 is 20.3 Å². The van der Waals surface area contributed by atoms with Gasteiger partial charge < -0.3 is 20.3 Å². The quantitative estimate of drug-likeness (QED) is 0.644. The molecule has 2 amide bonds. The Morgan fingerprint density at radius 2 is 1.90 bits per heavy atom. The van der Waals surface area contributed by atoms with Crippen molar-refractivity contribution in [3.63, 3.8) is 0 Å². The van der Waals surface area contributed by atoms with Gasteiger partial charge >= 0.3 is 6.03 Å². The zero-order valence-electron chi connectivity index (χ0n) is 16.6. The fourth-order valence-corrected chi connectivity index (χ4v) is 4.57. The number of amides is 2. The molecule has 0 radical (unpaired) electrons. The van der Waals surface area contributed by atoms with Crippen molar-refractivity contribution in [1.29, 1.82) is 0 Å². The third-order valence-corrected chi connectivity index (χ3v) is 6.43. The van der Waals surface area contributed by atoms with Gasteiger partial charge in [0.2, 0.25) is 0 Å². The van der Waals surface area contributed by atoms with Crippen molar-refractivity contribution in [2.24, 2.45) is 5.92 Å². The van der Waals surface area contributed by atoms with Gasteiger partial charge in [-0.05, 0) is 48.6 Å². The van der Waals surface area contributed by atoms with E-state index in [-0.39, 0.29) is 6.03 Å². The zero-order chi connectivity index (χ0) is 20.1. The van der Waals surface area contributed by atoms with E-state index in [0.29, 0.717) is 19.0 Å². The normalized spacial score (nSPS) is 14.7. The second kappa shape index (κ2) is 9.13. The number of urea groups is 1. The third-order valence-electron chi connectivity index (χ3n) is 5.33. The molecule has 29 heavy (non-hydrogen) atoms. The van der Waals surface area contributed by atoms with Crippen molar-refractivity contribution >= 4 is 32.7 Å². The number of fused-ring (bicyclic) bond motifs is 1. The molecular weight excluding hydrogens is 384 g/mol. The predicted molar refractivity (Wildman–Crippen MR) is 118 cm³/mol. The van der Waals surface area contributed by atoms with E-state index in [1.54, 1.807) is 18.4 Å². The highest BCUT2D eigenvalue weighted by Gasteiger charge is 2.22. The number of ether oxygens (including phenoxy) is 1. The summed E-state index contributed by atoms with van der Waals surface area (Å²) in [7, 11) is 1.64. The minimum Gasteiger partial charge on any atom is -0.497 e. The Labute approximate surface area is 174 Å². The molecule has 1 saturated heterocycles. The first kappa shape index (κ1) is 19.5. The van der Waals surface area contributed by atoms with Gasteiger partial charge in [-0.1, -0.05) is 35.6 Å². The molecule has 6 nitrogen and oxygen atoms in total. The average Bonchev–Trinajstić information content (AvgIpc) is 3.21. The summed E-state index contributed by atoms with van der Waals surface area (Å²) >= 11 is 1.76. The van der Waals surface area contributed by atoms with E-state index in [0.717, 1.165) is 47.9 Å². The Hall–Kier alpha value is -2.80. The van der Waals surface area contributed by atoms with Crippen LogP contribution in [0.5, 0.6) is 5.75 Å². The molecule has 1 aromatic heterocycles. The summed E-state index contributed by atoms with van der Waals surface area (Å²) in [5.74, 6) is 1.32. The smallest absolute Gasteiger partial charge is 0.315 e. The highest BCUT2D eigenvalue weighted by molar-refractivity contribution is 7.22. The lowest BCUT2D eigenvalue weighted by Gasteiger charge is -2.31. The summed E-state index contributed by atoms with van der Waals surface area (Å²) in [5, 5.41) is 7.04. The lowest BCUT2D eigenvalue weighted by atomic mass is 9.97. The summed E-state index contributed by atoms with van der Waals surface area (Å²) in [6.45, 7) is 3.19. The van der Waals surface area contributed by atoms with Gasteiger partial charge in [-0.3, -0.25) is 0 Å². The highest BCUT2D eigenvalue weighted by atomic mass is 32.1. The number of hydrogen-bond donors (Lipinski definition) is 2. The number of methoxy groups -OCH3 is 1. The topological polar surface area (TPSA) is 66.5 Å². The van der Waals surface area contributed by atoms with E-state index in [1.165, 1.54) is 4.70 Å². The number of rotatable bonds is 6. The number of nitrogens with one attached hydrogen (secondary N) is 2. The molecule has 152 valence electrons. The standard InChI is InChI=1S/C22H26N4O2S/c1-28-18-8-6-16(7-9-18)14-23-21(27)24-15-17-10-12-26(13-11-17)22-25-19-4-2-3-5-20(19)29-22/h2-9,17H,10-15H2,1H3,(H2,23,24,27). The maximum atomic E-state index is 12.1. The molecule has 2 N–H and O–H groups in total. The van der Waals surface area contributed by atoms with Crippen LogP contribution in [-0.2, 0) is 6.54 Å². The zero-order valence-corrected chi connectivity index (χ0v) is 17.4. The lowest BCUT2D eigenvalue weighted by molar-refractivity contribution is 0.237. The van der Waals surface area contributed by atoms with Gasteiger partial charge in [-0.25, -0.2) is 9.78 Å². The van der Waals surface area contributed by atoms with Crippen LogP contribution in [0.2, 0.25) is 0 Å². The van der Waals surface area contributed by atoms with Gasteiger partial charge in [0.25, 0.3) is 0 Å². The summed E-state index contributed by atoms with van der Waals surface area (Å²) in [5.41, 5.74) is 2.12. The number of piperidine rings is 1. The van der Waals surface area contributed by atoms with Crippen LogP contribution in [0.25, 0.3) is 10.2 Å². The van der Waals surface area contributed by atoms with E-state index in [9.17, 15) is 4.79 Å². The Bertz CT molecular complexity index is 916. The average molecular weight is 411 g/mol. The van der Waals surface area contributed by atoms with Crippen LogP contribution in [0.3, 0.4) is 0 Å². The monoisotopic (exact) mass is 410 g/mol. The molecule has 3 aromatic rings. The number of carbonyl (C=O) groups is 1. The minimum absolute atomic E-state index is 0.116. The van der Waals surface area contributed by atoms with Crippen molar-refractivity contribution in [1.82, 2.24) is 15.6 Å². The Morgan fingerprint density at radius 1 is 1.14 bits per heavy atom. The van der Waals surface area contributed by atoms with Crippen molar-refractivity contribution in [3.05, 3.63) is 54.1 Å². The van der Waals surface area contributed by atoms with Crippen molar-refractivity contribution in [2.75, 3.05) is 31.6 Å². The van der Waals surface area contributed by atoms with Crippen molar-refractivity contribution in [3.8, 4) is 5.75 Å². The van der Waals surface area contributed by atoms with E-state index < -0.39 is 0 Å². The number of anilines is 1. The number of carbonyl (C=O) groups excluding carboxylic acids is 1. The number of hydrogen-bond acceptors (Lipinski definition) is 5. The second-order valence-electron chi connectivity index (χ2n) is 7.31. The molecule has 0 aliphatic carbocycles. The van der Waals surface area contributed by atoms with Crippen molar-refractivity contribution in [2.45, 2.75) is 19.4 Å². The molecule has 7 heteroatoms. The Morgan fingerprint density at radius 3 is 2.62 bits per heavy atom. The number of para-hydroxylation sites is 1. The Balaban J connectivity index is 1.19. The van der Waals surface area contributed by atoms with Gasteiger partial charge in [0.15, 0.2) is 5.13 Å². The van der Waals surface area contributed by atoms with Crippen molar-refractivity contribution < 1.29 is 9.53 Å². The first-order valence-electron chi connectivity index (χ1n) is 9.96. The van der Waals surface area contributed by atoms with Crippen LogP contribution in [0.1, 0.15) is 18.4 Å². The fraction of sp³-hybridized carbons (Fsp3) is 0.364. The molecule has 1 aliphatic rings. The third kappa shape index (κ3) is 4.98. The molecule has 0 spiro atoms. The number of benzene rings is 2. The number of thiazole rings is 1. The van der Waals surface area contributed by atoms with E-state index in [2.05, 4.69) is 33.7 Å². The molecular formula is C22H26N4O2S. The fourth-order valence-electron chi connectivity index (χ4n) is 3.55. The van der Waals surface area contributed by atoms with Crippen LogP contribution in [0.4, 0.5) is 9.93 Å². The van der Waals surface area contributed by atoms with E-state index in [1.807, 2.05) is 30.3 Å². The minimum atomic E-state index is -0.116. The van der Waals surface area contributed by atoms with Crippen LogP contribution in [-0.4, -0.2) is 37.8 Å². The van der Waals surface area contributed by atoms with Gasteiger partial charge in [0, 0.05) is 26.2 Å². The maximum Gasteiger partial charge on any atom is 0.315 e. The maximum absolute atomic E-state index is 12.1. The van der Waals surface area contributed by atoms with Crippen LogP contribution >= 0.6 is 11.3 Å². The summed E-state index contributed by atoms with van der Waals surface area (Å²) < 4.78 is 6.38. The van der Waals surface area contributed by atoms with Gasteiger partial charge in [-0.2, -0.15) is 0 Å². The summed E-state index contributed by atoms with van der Waals surface area (Å²) in [6, 6.07) is 15.9. The molecule has 0 unspecified atom stereocenters. The molecule has 2 aromatic carbocycles. The second-order valence-corrected chi connectivity index (χ2v) is 8.32. The highest BCUT2D eigenvalue weighted by Crippen LogP contribution is 2.31. The molecule has 0 bridgehead atoms.